The maximum Gasteiger partial charge on any atom is 0.257 e. The standard InChI is InChI=1S/C21H12Cl2IN3O2S/c22-15-6-4-11(9-16(15)23)19(28)27-21(30)25-14-5-7-18-17(10-14)26-20(29-18)12-2-1-3-13(24)8-12/h1-10H,(H2,25,27,28,30). The Morgan fingerprint density at radius 3 is 2.63 bits per heavy atom. The van der Waals surface area contributed by atoms with Crippen molar-refractivity contribution < 1.29 is 9.21 Å². The molecule has 0 fully saturated rings. The summed E-state index contributed by atoms with van der Waals surface area (Å²) in [5, 5.41) is 6.40. The van der Waals surface area contributed by atoms with Gasteiger partial charge >= 0.3 is 0 Å². The van der Waals surface area contributed by atoms with E-state index >= 15 is 0 Å². The number of fused-ring (bicyclic) bond motifs is 1. The van der Waals surface area contributed by atoms with Gasteiger partial charge in [0.2, 0.25) is 5.89 Å². The van der Waals surface area contributed by atoms with Gasteiger partial charge < -0.3 is 9.73 Å². The second-order valence-electron chi connectivity index (χ2n) is 6.25. The lowest BCUT2D eigenvalue weighted by Gasteiger charge is -2.10. The lowest BCUT2D eigenvalue weighted by atomic mass is 10.2. The van der Waals surface area contributed by atoms with Crippen LogP contribution in [0.4, 0.5) is 5.69 Å². The quantitative estimate of drug-likeness (QED) is 0.217. The molecule has 0 aliphatic heterocycles. The van der Waals surface area contributed by atoms with E-state index in [0.29, 0.717) is 38.3 Å². The lowest BCUT2D eigenvalue weighted by molar-refractivity contribution is 0.0977. The Balaban J connectivity index is 1.48. The van der Waals surface area contributed by atoms with Crippen LogP contribution in [0.25, 0.3) is 22.6 Å². The van der Waals surface area contributed by atoms with Gasteiger partial charge in [-0.3, -0.25) is 10.1 Å². The number of carbonyl (C=O) groups excluding carboxylic acids is 1. The van der Waals surface area contributed by atoms with Crippen molar-refractivity contribution in [3.05, 3.63) is 79.8 Å². The number of halogens is 3. The molecule has 0 bridgehead atoms. The summed E-state index contributed by atoms with van der Waals surface area (Å²) in [4.78, 5) is 16.9. The third kappa shape index (κ3) is 4.75. The van der Waals surface area contributed by atoms with E-state index in [1.165, 1.54) is 6.07 Å². The molecule has 1 amide bonds. The molecule has 9 heteroatoms. The predicted molar refractivity (Wildman–Crippen MR) is 132 cm³/mol. The minimum absolute atomic E-state index is 0.145. The van der Waals surface area contributed by atoms with E-state index in [2.05, 4.69) is 38.2 Å². The highest BCUT2D eigenvalue weighted by Gasteiger charge is 2.12. The van der Waals surface area contributed by atoms with Crippen LogP contribution in [0, 0.1) is 3.57 Å². The number of nitrogens with one attached hydrogen (secondary N) is 2. The number of carbonyl (C=O) groups is 1. The zero-order valence-electron chi connectivity index (χ0n) is 15.1. The van der Waals surface area contributed by atoms with Crippen molar-refractivity contribution in [1.82, 2.24) is 10.3 Å². The molecule has 0 saturated heterocycles. The number of amides is 1. The summed E-state index contributed by atoms with van der Waals surface area (Å²) in [5.74, 6) is 0.144. The highest BCUT2D eigenvalue weighted by atomic mass is 127. The molecule has 0 radical (unpaired) electrons. The summed E-state index contributed by atoms with van der Waals surface area (Å²) < 4.78 is 6.94. The first-order chi connectivity index (χ1) is 14.4. The minimum Gasteiger partial charge on any atom is -0.436 e. The molecule has 3 aromatic carbocycles. The van der Waals surface area contributed by atoms with E-state index in [4.69, 9.17) is 39.8 Å². The summed E-state index contributed by atoms with van der Waals surface area (Å²) in [5.41, 5.74) is 3.25. The fourth-order valence-electron chi connectivity index (χ4n) is 2.73. The van der Waals surface area contributed by atoms with Crippen molar-refractivity contribution in [2.45, 2.75) is 0 Å². The number of thiocarbonyl (C=S) groups is 1. The number of nitrogens with zero attached hydrogens (tertiary/aromatic N) is 1. The highest BCUT2D eigenvalue weighted by Crippen LogP contribution is 2.27. The largest absolute Gasteiger partial charge is 0.436 e. The summed E-state index contributed by atoms with van der Waals surface area (Å²) in [6.07, 6.45) is 0. The summed E-state index contributed by atoms with van der Waals surface area (Å²) in [7, 11) is 0. The number of benzene rings is 3. The first kappa shape index (κ1) is 21.0. The second kappa shape index (κ2) is 8.89. The monoisotopic (exact) mass is 567 g/mol. The van der Waals surface area contributed by atoms with Crippen LogP contribution >= 0.6 is 58.0 Å². The SMILES string of the molecule is O=C(NC(=S)Nc1ccc2oc(-c3cccc(I)c3)nc2c1)c1ccc(Cl)c(Cl)c1. The van der Waals surface area contributed by atoms with Gasteiger partial charge in [0, 0.05) is 20.4 Å². The van der Waals surface area contributed by atoms with Crippen molar-refractivity contribution in [1.29, 1.82) is 0 Å². The molecule has 4 aromatic rings. The molecule has 30 heavy (non-hydrogen) atoms. The zero-order chi connectivity index (χ0) is 21.3. The topological polar surface area (TPSA) is 67.2 Å². The Labute approximate surface area is 200 Å². The molecule has 1 aromatic heterocycles. The third-order valence-corrected chi connectivity index (χ3v) is 5.74. The average molecular weight is 568 g/mol. The van der Waals surface area contributed by atoms with Crippen LogP contribution in [0.1, 0.15) is 10.4 Å². The van der Waals surface area contributed by atoms with Gasteiger partial charge in [-0.05, 0) is 89.4 Å². The van der Waals surface area contributed by atoms with Crippen LogP contribution in [-0.2, 0) is 0 Å². The Morgan fingerprint density at radius 2 is 1.87 bits per heavy atom. The van der Waals surface area contributed by atoms with Crippen molar-refractivity contribution in [3.8, 4) is 11.5 Å². The maximum absolute atomic E-state index is 12.3. The summed E-state index contributed by atoms with van der Waals surface area (Å²) in [6, 6.07) is 17.9. The molecular weight excluding hydrogens is 556 g/mol. The van der Waals surface area contributed by atoms with Crippen LogP contribution < -0.4 is 10.6 Å². The minimum atomic E-state index is -0.394. The molecular formula is C21H12Cl2IN3O2S. The van der Waals surface area contributed by atoms with E-state index in [9.17, 15) is 4.79 Å². The summed E-state index contributed by atoms with van der Waals surface area (Å²) in [6.45, 7) is 0. The molecule has 0 atom stereocenters. The molecule has 2 N–H and O–H groups in total. The number of oxazole rings is 1. The average Bonchev–Trinajstić information content (AvgIpc) is 3.13. The van der Waals surface area contributed by atoms with Crippen LogP contribution in [0.3, 0.4) is 0 Å². The Morgan fingerprint density at radius 1 is 1.03 bits per heavy atom. The normalized spacial score (nSPS) is 10.8. The van der Waals surface area contributed by atoms with Gasteiger partial charge in [0.25, 0.3) is 5.91 Å². The van der Waals surface area contributed by atoms with E-state index in [1.807, 2.05) is 24.3 Å². The first-order valence-electron chi connectivity index (χ1n) is 8.63. The smallest absolute Gasteiger partial charge is 0.257 e. The van der Waals surface area contributed by atoms with Gasteiger partial charge in [-0.15, -0.1) is 0 Å². The molecule has 0 aliphatic rings. The molecule has 0 unspecified atom stereocenters. The van der Waals surface area contributed by atoms with E-state index < -0.39 is 5.91 Å². The number of hydrogen-bond acceptors (Lipinski definition) is 4. The van der Waals surface area contributed by atoms with Gasteiger partial charge in [-0.1, -0.05) is 29.3 Å². The molecule has 0 aliphatic carbocycles. The number of anilines is 1. The molecule has 4 rings (SSSR count). The maximum atomic E-state index is 12.3. The van der Waals surface area contributed by atoms with Crippen LogP contribution in [-0.4, -0.2) is 16.0 Å². The molecule has 1 heterocycles. The lowest BCUT2D eigenvalue weighted by Crippen LogP contribution is -2.34. The van der Waals surface area contributed by atoms with E-state index in [0.717, 1.165) is 9.13 Å². The van der Waals surface area contributed by atoms with Crippen molar-refractivity contribution in [2.24, 2.45) is 0 Å². The van der Waals surface area contributed by atoms with Gasteiger partial charge in [0.05, 0.1) is 10.0 Å². The van der Waals surface area contributed by atoms with Gasteiger partial charge in [0.15, 0.2) is 10.7 Å². The Hall–Kier alpha value is -2.20. The summed E-state index contributed by atoms with van der Waals surface area (Å²) >= 11 is 19.3. The first-order valence-corrected chi connectivity index (χ1v) is 10.9. The third-order valence-electron chi connectivity index (χ3n) is 4.13. The molecule has 0 spiro atoms. The Kier molecular flexibility index (Phi) is 6.24. The van der Waals surface area contributed by atoms with Crippen molar-refractivity contribution in [2.75, 3.05) is 5.32 Å². The van der Waals surface area contributed by atoms with Gasteiger partial charge in [0.1, 0.15) is 5.52 Å². The molecule has 5 nitrogen and oxygen atoms in total. The fraction of sp³-hybridized carbons (Fsp3) is 0. The predicted octanol–water partition coefficient (Wildman–Crippen LogP) is 6.53. The number of aromatic nitrogens is 1. The Bertz CT molecular complexity index is 1290. The zero-order valence-corrected chi connectivity index (χ0v) is 19.6. The van der Waals surface area contributed by atoms with Crippen LogP contribution in [0.2, 0.25) is 10.0 Å². The molecule has 0 saturated carbocycles. The van der Waals surface area contributed by atoms with Crippen LogP contribution in [0.5, 0.6) is 0 Å². The van der Waals surface area contributed by atoms with Crippen LogP contribution in [0.15, 0.2) is 65.1 Å². The van der Waals surface area contributed by atoms with E-state index in [1.54, 1.807) is 30.3 Å². The van der Waals surface area contributed by atoms with Crippen molar-refractivity contribution >= 4 is 85.8 Å². The van der Waals surface area contributed by atoms with Gasteiger partial charge in [-0.2, -0.15) is 0 Å². The fourth-order valence-corrected chi connectivity index (χ4v) is 3.78. The second-order valence-corrected chi connectivity index (χ2v) is 8.72. The van der Waals surface area contributed by atoms with Crippen molar-refractivity contribution in [3.63, 3.8) is 0 Å². The highest BCUT2D eigenvalue weighted by molar-refractivity contribution is 14.1. The molecule has 150 valence electrons. The van der Waals surface area contributed by atoms with E-state index in [-0.39, 0.29) is 5.11 Å². The van der Waals surface area contributed by atoms with Gasteiger partial charge in [-0.25, -0.2) is 4.98 Å². The number of hydrogen-bond donors (Lipinski definition) is 2. The number of rotatable bonds is 3.